The number of benzene rings is 3. The Bertz CT molecular complexity index is 1260. The number of carbonyl (C=O) groups is 1. The van der Waals surface area contributed by atoms with Crippen LogP contribution in [0.15, 0.2) is 66.7 Å². The first-order valence-corrected chi connectivity index (χ1v) is 11.6. The van der Waals surface area contributed by atoms with Crippen LogP contribution in [0.25, 0.3) is 21.8 Å². The largest absolute Gasteiger partial charge is 0.494 e. The molecule has 1 heterocycles. The van der Waals surface area contributed by atoms with Gasteiger partial charge in [0.15, 0.2) is 0 Å². The molecule has 2 amide bonds. The highest BCUT2D eigenvalue weighted by atomic mass is 35.5. The minimum Gasteiger partial charge on any atom is -0.494 e. The van der Waals surface area contributed by atoms with Gasteiger partial charge in [0.05, 0.1) is 18.3 Å². The number of pyridine rings is 1. The maximum atomic E-state index is 12.9. The number of amides is 2. The van der Waals surface area contributed by atoms with E-state index in [0.29, 0.717) is 47.5 Å². The SMILES string of the molecule is COc1cccc2c(NC(=O)Nc3ccc(N(CCCl)CCCl)cc3)c3ccccc3nc12. The lowest BCUT2D eigenvalue weighted by atomic mass is 10.1. The van der Waals surface area contributed by atoms with Gasteiger partial charge in [0.1, 0.15) is 11.3 Å². The number of rotatable bonds is 8. The summed E-state index contributed by atoms with van der Waals surface area (Å²) < 4.78 is 5.49. The number of carbonyl (C=O) groups excluding carboxylic acids is 1. The van der Waals surface area contributed by atoms with Gasteiger partial charge >= 0.3 is 6.03 Å². The summed E-state index contributed by atoms with van der Waals surface area (Å²) in [6, 6.07) is 20.6. The molecule has 0 aliphatic heterocycles. The molecule has 0 atom stereocenters. The molecule has 4 aromatic rings. The smallest absolute Gasteiger partial charge is 0.323 e. The first kappa shape index (κ1) is 23.0. The predicted octanol–water partition coefficient (Wildman–Crippen LogP) is 6.32. The van der Waals surface area contributed by atoms with Crippen molar-refractivity contribution in [2.75, 3.05) is 47.5 Å². The van der Waals surface area contributed by atoms with Gasteiger partial charge in [-0.3, -0.25) is 0 Å². The normalized spacial score (nSPS) is 10.9. The number of hydrogen-bond acceptors (Lipinski definition) is 4. The van der Waals surface area contributed by atoms with E-state index in [2.05, 4.69) is 15.5 Å². The Morgan fingerprint density at radius 2 is 1.61 bits per heavy atom. The van der Waals surface area contributed by atoms with E-state index in [-0.39, 0.29) is 6.03 Å². The lowest BCUT2D eigenvalue weighted by Crippen LogP contribution is -2.27. The number of methoxy groups -OCH3 is 1. The lowest BCUT2D eigenvalue weighted by Gasteiger charge is -2.23. The van der Waals surface area contributed by atoms with Crippen molar-refractivity contribution in [1.29, 1.82) is 0 Å². The van der Waals surface area contributed by atoms with Crippen molar-refractivity contribution in [2.24, 2.45) is 0 Å². The molecular formula is C25H24Cl2N4O2. The van der Waals surface area contributed by atoms with Gasteiger partial charge in [-0.15, -0.1) is 23.2 Å². The summed E-state index contributed by atoms with van der Waals surface area (Å²) >= 11 is 11.8. The fourth-order valence-electron chi connectivity index (χ4n) is 3.79. The number of fused-ring (bicyclic) bond motifs is 2. The Morgan fingerprint density at radius 1 is 0.909 bits per heavy atom. The van der Waals surface area contributed by atoms with Gasteiger partial charge in [-0.05, 0) is 36.4 Å². The Hall–Kier alpha value is -3.22. The summed E-state index contributed by atoms with van der Waals surface area (Å²) in [6.45, 7) is 1.40. The molecule has 4 rings (SSSR count). The second-order valence-electron chi connectivity index (χ2n) is 7.35. The van der Waals surface area contributed by atoms with E-state index in [4.69, 9.17) is 32.9 Å². The number of hydrogen-bond donors (Lipinski definition) is 2. The van der Waals surface area contributed by atoms with Crippen LogP contribution in [-0.2, 0) is 0 Å². The number of urea groups is 1. The molecule has 0 spiro atoms. The first-order valence-electron chi connectivity index (χ1n) is 10.5. The van der Waals surface area contributed by atoms with Crippen molar-refractivity contribution in [2.45, 2.75) is 0 Å². The molecule has 6 nitrogen and oxygen atoms in total. The van der Waals surface area contributed by atoms with Gasteiger partial charge in [-0.2, -0.15) is 0 Å². The summed E-state index contributed by atoms with van der Waals surface area (Å²) in [5, 5.41) is 7.57. The van der Waals surface area contributed by atoms with Gasteiger partial charge in [0.25, 0.3) is 0 Å². The van der Waals surface area contributed by atoms with Crippen molar-refractivity contribution in [3.8, 4) is 5.75 Å². The van der Waals surface area contributed by atoms with E-state index >= 15 is 0 Å². The molecule has 33 heavy (non-hydrogen) atoms. The molecule has 2 N–H and O–H groups in total. The van der Waals surface area contributed by atoms with E-state index in [9.17, 15) is 4.79 Å². The second kappa shape index (κ2) is 10.6. The Morgan fingerprint density at radius 3 is 2.30 bits per heavy atom. The van der Waals surface area contributed by atoms with Gasteiger partial charge in [0.2, 0.25) is 0 Å². The number of anilines is 3. The van der Waals surface area contributed by atoms with Crippen molar-refractivity contribution in [3.05, 3.63) is 66.7 Å². The van der Waals surface area contributed by atoms with E-state index < -0.39 is 0 Å². The predicted molar refractivity (Wildman–Crippen MR) is 139 cm³/mol. The van der Waals surface area contributed by atoms with Crippen LogP contribution < -0.4 is 20.3 Å². The van der Waals surface area contributed by atoms with Gasteiger partial charge in [-0.25, -0.2) is 9.78 Å². The van der Waals surface area contributed by atoms with Gasteiger partial charge in [0, 0.05) is 47.0 Å². The third kappa shape index (κ3) is 5.07. The third-order valence-electron chi connectivity index (χ3n) is 5.33. The number of alkyl halides is 2. The highest BCUT2D eigenvalue weighted by Gasteiger charge is 2.15. The van der Waals surface area contributed by atoms with Crippen LogP contribution >= 0.6 is 23.2 Å². The summed E-state index contributed by atoms with van der Waals surface area (Å²) in [6.07, 6.45) is 0. The maximum Gasteiger partial charge on any atom is 0.323 e. The van der Waals surface area contributed by atoms with Crippen molar-refractivity contribution in [1.82, 2.24) is 4.98 Å². The fourth-order valence-corrected chi connectivity index (χ4v) is 4.20. The Kier molecular flexibility index (Phi) is 7.37. The molecule has 0 fully saturated rings. The van der Waals surface area contributed by atoms with Crippen molar-refractivity contribution >= 4 is 68.1 Å². The number of nitrogens with zero attached hydrogens (tertiary/aromatic N) is 2. The van der Waals surface area contributed by atoms with E-state index in [1.807, 2.05) is 66.7 Å². The Labute approximate surface area is 202 Å². The summed E-state index contributed by atoms with van der Waals surface area (Å²) in [5.41, 5.74) is 3.82. The molecule has 0 bridgehead atoms. The van der Waals surface area contributed by atoms with Crippen LogP contribution in [0.2, 0.25) is 0 Å². The molecule has 3 aromatic carbocycles. The first-order chi connectivity index (χ1) is 16.1. The van der Waals surface area contributed by atoms with E-state index in [1.165, 1.54) is 0 Å². The second-order valence-corrected chi connectivity index (χ2v) is 8.11. The zero-order valence-corrected chi connectivity index (χ0v) is 19.7. The number of halogens is 2. The van der Waals surface area contributed by atoms with Gasteiger partial charge in [-0.1, -0.05) is 30.3 Å². The lowest BCUT2D eigenvalue weighted by molar-refractivity contribution is 0.262. The van der Waals surface area contributed by atoms with Gasteiger partial charge < -0.3 is 20.3 Å². The molecule has 0 unspecified atom stereocenters. The van der Waals surface area contributed by atoms with Crippen molar-refractivity contribution in [3.63, 3.8) is 0 Å². The zero-order valence-electron chi connectivity index (χ0n) is 18.1. The molecule has 0 radical (unpaired) electrons. The van der Waals surface area contributed by atoms with Crippen LogP contribution in [0, 0.1) is 0 Å². The molecular weight excluding hydrogens is 459 g/mol. The maximum absolute atomic E-state index is 12.9. The highest BCUT2D eigenvalue weighted by molar-refractivity contribution is 6.18. The molecule has 8 heteroatoms. The summed E-state index contributed by atoms with van der Waals surface area (Å²) in [7, 11) is 1.61. The number of para-hydroxylation sites is 2. The average molecular weight is 483 g/mol. The molecule has 0 aliphatic rings. The number of ether oxygens (including phenoxy) is 1. The van der Waals surface area contributed by atoms with Crippen LogP contribution in [0.4, 0.5) is 21.9 Å². The monoisotopic (exact) mass is 482 g/mol. The van der Waals surface area contributed by atoms with E-state index in [1.54, 1.807) is 7.11 Å². The molecule has 0 saturated heterocycles. The third-order valence-corrected chi connectivity index (χ3v) is 5.67. The quantitative estimate of drug-likeness (QED) is 0.227. The standard InChI is InChI=1S/C25H24Cl2N4O2/c1-33-22-8-4-6-20-23(19-5-2-3-7-21(19)29-24(20)22)30-25(32)28-17-9-11-18(12-10-17)31(15-13-26)16-14-27/h2-12H,13-16H2,1H3,(H2,28,29,30,32). The van der Waals surface area contributed by atoms with Crippen LogP contribution in [0.1, 0.15) is 0 Å². The summed E-state index contributed by atoms with van der Waals surface area (Å²) in [4.78, 5) is 19.8. The number of aromatic nitrogens is 1. The highest BCUT2D eigenvalue weighted by Crippen LogP contribution is 2.35. The zero-order chi connectivity index (χ0) is 23.2. The molecule has 0 aliphatic carbocycles. The van der Waals surface area contributed by atoms with E-state index in [0.717, 1.165) is 22.0 Å². The minimum absolute atomic E-state index is 0.346. The molecule has 0 saturated carbocycles. The topological polar surface area (TPSA) is 66.5 Å². The minimum atomic E-state index is -0.346. The van der Waals surface area contributed by atoms with Crippen LogP contribution in [0.5, 0.6) is 5.75 Å². The molecule has 1 aromatic heterocycles. The van der Waals surface area contributed by atoms with Crippen molar-refractivity contribution < 1.29 is 9.53 Å². The molecule has 170 valence electrons. The number of nitrogens with one attached hydrogen (secondary N) is 2. The Balaban J connectivity index is 1.60. The summed E-state index contributed by atoms with van der Waals surface area (Å²) in [5.74, 6) is 1.67. The van der Waals surface area contributed by atoms with Crippen LogP contribution in [0.3, 0.4) is 0 Å². The van der Waals surface area contributed by atoms with Crippen LogP contribution in [-0.4, -0.2) is 43.0 Å². The fraction of sp³-hybridized carbons (Fsp3) is 0.200. The average Bonchev–Trinajstić information content (AvgIpc) is 2.84.